The fraction of sp³-hybridized carbons (Fsp3) is 0.500. The first kappa shape index (κ1) is 26.2. The van der Waals surface area contributed by atoms with Crippen LogP contribution in [0, 0.1) is 0 Å². The van der Waals surface area contributed by atoms with Crippen molar-refractivity contribution < 1.29 is 24.2 Å². The average Bonchev–Trinajstić information content (AvgIpc) is 2.74. The molecule has 1 amide bonds. The molecule has 1 heterocycles. The molecule has 1 aliphatic heterocycles. The Bertz CT molecular complexity index is 942. The zero-order valence-electron chi connectivity index (χ0n) is 20.6. The van der Waals surface area contributed by atoms with Crippen molar-refractivity contribution in [1.29, 1.82) is 0 Å². The number of hydrogen-bond acceptors (Lipinski definition) is 5. The van der Waals surface area contributed by atoms with E-state index >= 15 is 0 Å². The second-order valence-corrected chi connectivity index (χ2v) is 9.18. The van der Waals surface area contributed by atoms with Gasteiger partial charge in [0.1, 0.15) is 17.1 Å². The molecular weight excluding hydrogens is 420 g/mol. The van der Waals surface area contributed by atoms with Gasteiger partial charge in [-0.25, -0.2) is 9.59 Å². The standard InChI is InChI=1S/C26H36N2O5/c1-8-9-10-19-15-18-16-20(32-7)12-13-21(18)23(28(19)25(31)33-26(3,4)5)17(2)11-14-22(27-6)24(29)30/h11-14,16,19,23H,2,8-10,15H2,1,3-7H3,(H,29,30)/b14-11-,27-22+/t19-,23-/m0/s1. The van der Waals surface area contributed by atoms with Crippen LogP contribution in [0.15, 0.2) is 47.5 Å². The quantitative estimate of drug-likeness (QED) is 0.420. The van der Waals surface area contributed by atoms with Gasteiger partial charge in [-0.1, -0.05) is 38.5 Å². The van der Waals surface area contributed by atoms with Crippen molar-refractivity contribution in [3.63, 3.8) is 0 Å². The molecule has 0 saturated carbocycles. The molecule has 0 radical (unpaired) electrons. The van der Waals surface area contributed by atoms with Crippen molar-refractivity contribution in [2.24, 2.45) is 4.99 Å². The number of amides is 1. The van der Waals surface area contributed by atoms with Gasteiger partial charge in [0, 0.05) is 13.1 Å². The summed E-state index contributed by atoms with van der Waals surface area (Å²) < 4.78 is 11.2. The topological polar surface area (TPSA) is 88.4 Å². The number of fused-ring (bicyclic) bond motifs is 1. The number of unbranched alkanes of at least 4 members (excludes halogenated alkanes) is 1. The molecule has 1 aromatic carbocycles. The molecule has 2 atom stereocenters. The summed E-state index contributed by atoms with van der Waals surface area (Å²) in [7, 11) is 3.05. The highest BCUT2D eigenvalue weighted by molar-refractivity contribution is 6.40. The molecule has 33 heavy (non-hydrogen) atoms. The van der Waals surface area contributed by atoms with Gasteiger partial charge in [-0.05, 0) is 68.5 Å². The van der Waals surface area contributed by atoms with Crippen LogP contribution in [0.5, 0.6) is 5.75 Å². The van der Waals surface area contributed by atoms with Gasteiger partial charge in [0.25, 0.3) is 0 Å². The Hall–Kier alpha value is -3.09. The lowest BCUT2D eigenvalue weighted by atomic mass is 9.83. The smallest absolute Gasteiger partial charge is 0.411 e. The van der Waals surface area contributed by atoms with E-state index in [2.05, 4.69) is 18.5 Å². The van der Waals surface area contributed by atoms with Gasteiger partial charge < -0.3 is 14.6 Å². The molecule has 7 nitrogen and oxygen atoms in total. The molecule has 0 saturated heterocycles. The Morgan fingerprint density at radius 1 is 1.30 bits per heavy atom. The molecule has 0 aliphatic carbocycles. The minimum Gasteiger partial charge on any atom is -0.497 e. The molecule has 2 rings (SSSR count). The lowest BCUT2D eigenvalue weighted by molar-refractivity contribution is -0.129. The summed E-state index contributed by atoms with van der Waals surface area (Å²) in [6.07, 6.45) is 6.08. The van der Waals surface area contributed by atoms with E-state index in [1.54, 1.807) is 18.1 Å². The molecule has 0 spiro atoms. The molecule has 7 heteroatoms. The minimum absolute atomic E-state index is 0.0895. The lowest BCUT2D eigenvalue weighted by Crippen LogP contribution is -2.49. The van der Waals surface area contributed by atoms with Crippen molar-refractivity contribution in [3.05, 3.63) is 53.6 Å². The number of aliphatic carboxylic acids is 1. The summed E-state index contributed by atoms with van der Waals surface area (Å²) in [5.41, 5.74) is 1.84. The largest absolute Gasteiger partial charge is 0.497 e. The Morgan fingerprint density at radius 3 is 2.55 bits per heavy atom. The van der Waals surface area contributed by atoms with Gasteiger partial charge in [0.15, 0.2) is 0 Å². The fourth-order valence-electron chi connectivity index (χ4n) is 4.01. The number of ether oxygens (including phenoxy) is 2. The zero-order chi connectivity index (χ0) is 24.8. The lowest BCUT2D eigenvalue weighted by Gasteiger charge is -2.44. The third kappa shape index (κ3) is 6.70. The van der Waals surface area contributed by atoms with Crippen LogP contribution >= 0.6 is 0 Å². The van der Waals surface area contributed by atoms with E-state index < -0.39 is 23.7 Å². The van der Waals surface area contributed by atoms with E-state index in [4.69, 9.17) is 9.47 Å². The number of nitrogens with zero attached hydrogens (tertiary/aromatic N) is 2. The van der Waals surface area contributed by atoms with Gasteiger partial charge in [0.2, 0.25) is 0 Å². The van der Waals surface area contributed by atoms with Crippen LogP contribution < -0.4 is 4.74 Å². The number of carboxylic acid groups (broad SMARTS) is 1. The molecular formula is C26H36N2O5. The van der Waals surface area contributed by atoms with Gasteiger partial charge >= 0.3 is 12.1 Å². The van der Waals surface area contributed by atoms with Crippen LogP contribution in [-0.4, -0.2) is 53.6 Å². The Balaban J connectivity index is 2.60. The molecule has 0 fully saturated rings. The molecule has 1 aromatic rings. The second-order valence-electron chi connectivity index (χ2n) is 9.18. The number of aliphatic imine (C=N–C) groups is 1. The number of benzene rings is 1. The second kappa shape index (κ2) is 11.2. The summed E-state index contributed by atoms with van der Waals surface area (Å²) in [4.78, 5) is 30.4. The Morgan fingerprint density at radius 2 is 2.00 bits per heavy atom. The molecule has 1 N–H and O–H groups in total. The maximum Gasteiger partial charge on any atom is 0.411 e. The van der Waals surface area contributed by atoms with Crippen LogP contribution in [0.25, 0.3) is 0 Å². The van der Waals surface area contributed by atoms with Crippen molar-refractivity contribution in [1.82, 2.24) is 4.90 Å². The predicted molar refractivity (Wildman–Crippen MR) is 130 cm³/mol. The van der Waals surface area contributed by atoms with Crippen LogP contribution in [0.1, 0.15) is 64.1 Å². The van der Waals surface area contributed by atoms with E-state index in [1.165, 1.54) is 13.1 Å². The first-order valence-corrected chi connectivity index (χ1v) is 11.3. The van der Waals surface area contributed by atoms with Crippen molar-refractivity contribution in [2.45, 2.75) is 71.1 Å². The Labute approximate surface area is 196 Å². The maximum atomic E-state index is 13.4. The highest BCUT2D eigenvalue weighted by Crippen LogP contribution is 2.41. The number of methoxy groups -OCH3 is 1. The number of carboxylic acids is 1. The zero-order valence-corrected chi connectivity index (χ0v) is 20.6. The van der Waals surface area contributed by atoms with E-state index in [0.29, 0.717) is 12.0 Å². The van der Waals surface area contributed by atoms with Crippen LogP contribution in [0.4, 0.5) is 4.79 Å². The van der Waals surface area contributed by atoms with Gasteiger partial charge in [-0.2, -0.15) is 0 Å². The molecule has 0 unspecified atom stereocenters. The molecule has 180 valence electrons. The van der Waals surface area contributed by atoms with Crippen LogP contribution in [0.3, 0.4) is 0 Å². The van der Waals surface area contributed by atoms with Gasteiger partial charge in [-0.3, -0.25) is 9.89 Å². The summed E-state index contributed by atoms with van der Waals surface area (Å²) in [6.45, 7) is 11.9. The molecule has 1 aliphatic rings. The fourth-order valence-corrected chi connectivity index (χ4v) is 4.01. The monoisotopic (exact) mass is 456 g/mol. The molecule has 0 aromatic heterocycles. The van der Waals surface area contributed by atoms with E-state index in [-0.39, 0.29) is 11.8 Å². The highest BCUT2D eigenvalue weighted by atomic mass is 16.6. The van der Waals surface area contributed by atoms with Crippen molar-refractivity contribution >= 4 is 17.8 Å². The summed E-state index contributed by atoms with van der Waals surface area (Å²) in [6, 6.07) is 5.21. The van der Waals surface area contributed by atoms with Crippen molar-refractivity contribution in [3.8, 4) is 5.75 Å². The summed E-state index contributed by atoms with van der Waals surface area (Å²) in [5, 5.41) is 9.31. The summed E-state index contributed by atoms with van der Waals surface area (Å²) in [5.74, 6) is -0.375. The van der Waals surface area contributed by atoms with Crippen molar-refractivity contribution in [2.75, 3.05) is 14.2 Å². The maximum absolute atomic E-state index is 13.4. The SMILES string of the molecule is C=C(/C=C\C(=N/C)C(=O)O)[C@H]1c2ccc(OC)cc2C[C@H](CCCC)N1C(=O)OC(C)(C)C. The minimum atomic E-state index is -1.12. The van der Waals surface area contributed by atoms with E-state index in [1.807, 2.05) is 39.0 Å². The predicted octanol–water partition coefficient (Wildman–Crippen LogP) is 5.36. The number of carbonyl (C=O) groups is 2. The Kier molecular flexibility index (Phi) is 8.85. The number of hydrogen-bond donors (Lipinski definition) is 1. The first-order chi connectivity index (χ1) is 15.5. The summed E-state index contributed by atoms with van der Waals surface area (Å²) >= 11 is 0. The van der Waals surface area contributed by atoms with Crippen LogP contribution in [0.2, 0.25) is 0 Å². The average molecular weight is 457 g/mol. The van der Waals surface area contributed by atoms with E-state index in [9.17, 15) is 14.7 Å². The third-order valence-corrected chi connectivity index (χ3v) is 5.53. The van der Waals surface area contributed by atoms with Gasteiger partial charge in [0.05, 0.1) is 13.2 Å². The normalized spacial score (nSPS) is 18.7. The van der Waals surface area contributed by atoms with E-state index in [0.717, 1.165) is 36.1 Å². The highest BCUT2D eigenvalue weighted by Gasteiger charge is 2.40. The van der Waals surface area contributed by atoms with Crippen LogP contribution in [-0.2, 0) is 16.0 Å². The number of carbonyl (C=O) groups excluding carboxylic acids is 1. The van der Waals surface area contributed by atoms with Gasteiger partial charge in [-0.15, -0.1) is 0 Å². The first-order valence-electron chi connectivity index (χ1n) is 11.3. The third-order valence-electron chi connectivity index (χ3n) is 5.53. The molecule has 0 bridgehead atoms. The number of rotatable bonds is 8.